The molecular formula is C16H20N2. The molecule has 0 spiro atoms. The Morgan fingerprint density at radius 2 is 1.61 bits per heavy atom. The van der Waals surface area contributed by atoms with Crippen molar-refractivity contribution in [2.45, 2.75) is 45.4 Å². The van der Waals surface area contributed by atoms with Gasteiger partial charge in [-0.2, -0.15) is 0 Å². The smallest absolute Gasteiger partial charge is 0.116 e. The highest BCUT2D eigenvalue weighted by Crippen LogP contribution is 2.54. The van der Waals surface area contributed by atoms with Crippen LogP contribution in [0.2, 0.25) is 0 Å². The zero-order valence-electron chi connectivity index (χ0n) is 11.8. The van der Waals surface area contributed by atoms with E-state index in [-0.39, 0.29) is 10.8 Å². The predicted molar refractivity (Wildman–Crippen MR) is 74.8 cm³/mol. The fourth-order valence-electron chi connectivity index (χ4n) is 3.46. The summed E-state index contributed by atoms with van der Waals surface area (Å²) in [7, 11) is 0. The molecule has 0 fully saturated rings. The molecule has 0 saturated carbocycles. The number of hydrogen-bond acceptors (Lipinski definition) is 2. The molecule has 1 aromatic heterocycles. The number of fused-ring (bicyclic) bond motifs is 2. The van der Waals surface area contributed by atoms with Crippen LogP contribution < -0.4 is 0 Å². The summed E-state index contributed by atoms with van der Waals surface area (Å²) >= 11 is 0. The van der Waals surface area contributed by atoms with Gasteiger partial charge < -0.3 is 0 Å². The summed E-state index contributed by atoms with van der Waals surface area (Å²) in [6.07, 6.45) is 3.54. The van der Waals surface area contributed by atoms with Crippen LogP contribution in [0.5, 0.6) is 0 Å². The van der Waals surface area contributed by atoms with E-state index in [0.29, 0.717) is 5.92 Å². The largest absolute Gasteiger partial charge is 0.244 e. The van der Waals surface area contributed by atoms with Gasteiger partial charge in [-0.15, -0.1) is 0 Å². The lowest BCUT2D eigenvalue weighted by molar-refractivity contribution is 0.264. The van der Waals surface area contributed by atoms with E-state index in [2.05, 4.69) is 56.7 Å². The molecule has 0 saturated heterocycles. The molecular weight excluding hydrogens is 220 g/mol. The molecule has 2 heteroatoms. The highest BCUT2D eigenvalue weighted by atomic mass is 14.8. The Morgan fingerprint density at radius 1 is 1.00 bits per heavy atom. The lowest BCUT2D eigenvalue weighted by Crippen LogP contribution is -2.30. The van der Waals surface area contributed by atoms with Crippen molar-refractivity contribution >= 4 is 10.9 Å². The molecule has 0 aliphatic heterocycles. The van der Waals surface area contributed by atoms with Gasteiger partial charge in [0.1, 0.15) is 6.33 Å². The van der Waals surface area contributed by atoms with Gasteiger partial charge in [0.25, 0.3) is 0 Å². The van der Waals surface area contributed by atoms with Crippen molar-refractivity contribution in [3.8, 4) is 0 Å². The monoisotopic (exact) mass is 240 g/mol. The molecule has 0 N–H and O–H groups in total. The molecule has 1 aromatic carbocycles. The molecule has 0 amide bonds. The molecule has 1 unspecified atom stereocenters. The van der Waals surface area contributed by atoms with E-state index < -0.39 is 0 Å². The maximum absolute atomic E-state index is 4.39. The van der Waals surface area contributed by atoms with Gasteiger partial charge in [-0.3, -0.25) is 0 Å². The lowest BCUT2D eigenvalue weighted by atomic mass is 9.71. The van der Waals surface area contributed by atoms with Crippen LogP contribution in [0.15, 0.2) is 24.7 Å². The summed E-state index contributed by atoms with van der Waals surface area (Å²) in [5.41, 5.74) is 4.39. The van der Waals surface area contributed by atoms with Crippen LogP contribution in [-0.4, -0.2) is 9.97 Å². The summed E-state index contributed by atoms with van der Waals surface area (Å²) in [4.78, 5) is 8.52. The lowest BCUT2D eigenvalue weighted by Gasteiger charge is -2.32. The van der Waals surface area contributed by atoms with Gasteiger partial charge in [0.2, 0.25) is 0 Å². The highest BCUT2D eigenvalue weighted by Gasteiger charge is 2.48. The topological polar surface area (TPSA) is 25.8 Å². The zero-order valence-corrected chi connectivity index (χ0v) is 11.8. The maximum atomic E-state index is 4.39. The van der Waals surface area contributed by atoms with Crippen molar-refractivity contribution in [3.63, 3.8) is 0 Å². The first-order valence-corrected chi connectivity index (χ1v) is 6.60. The van der Waals surface area contributed by atoms with Gasteiger partial charge in [0, 0.05) is 11.6 Å². The fourth-order valence-corrected chi connectivity index (χ4v) is 3.46. The quantitative estimate of drug-likeness (QED) is 0.699. The maximum Gasteiger partial charge on any atom is 0.116 e. The van der Waals surface area contributed by atoms with Crippen LogP contribution in [0.3, 0.4) is 0 Å². The van der Waals surface area contributed by atoms with Crippen molar-refractivity contribution in [2.75, 3.05) is 0 Å². The van der Waals surface area contributed by atoms with E-state index in [1.54, 1.807) is 6.33 Å². The molecule has 94 valence electrons. The Kier molecular flexibility index (Phi) is 2.14. The van der Waals surface area contributed by atoms with Gasteiger partial charge in [-0.25, -0.2) is 9.97 Å². The molecule has 1 heterocycles. The van der Waals surface area contributed by atoms with Gasteiger partial charge in [-0.1, -0.05) is 34.6 Å². The Morgan fingerprint density at radius 3 is 2.28 bits per heavy atom. The van der Waals surface area contributed by atoms with Crippen LogP contribution in [0.1, 0.15) is 45.7 Å². The molecule has 2 aromatic rings. The summed E-state index contributed by atoms with van der Waals surface area (Å²) < 4.78 is 0. The molecule has 2 nitrogen and oxygen atoms in total. The van der Waals surface area contributed by atoms with Crippen LogP contribution in [-0.2, 0) is 10.8 Å². The summed E-state index contributed by atoms with van der Waals surface area (Å²) in [6.45, 7) is 11.7. The second-order valence-electron chi connectivity index (χ2n) is 6.64. The van der Waals surface area contributed by atoms with Gasteiger partial charge in [-0.05, 0) is 40.0 Å². The minimum absolute atomic E-state index is 0.206. The Hall–Kier alpha value is -1.44. The van der Waals surface area contributed by atoms with Crippen molar-refractivity contribution in [3.05, 3.63) is 35.8 Å². The molecule has 1 aliphatic rings. The van der Waals surface area contributed by atoms with Crippen LogP contribution in [0, 0.1) is 5.92 Å². The average molecular weight is 240 g/mol. The van der Waals surface area contributed by atoms with Crippen molar-refractivity contribution in [1.82, 2.24) is 9.97 Å². The minimum atomic E-state index is 0.206. The Balaban J connectivity index is 2.38. The predicted octanol–water partition coefficient (Wildman–Crippen LogP) is 3.83. The molecule has 1 atom stereocenters. The first kappa shape index (κ1) is 11.6. The normalized spacial score (nSPS) is 24.2. The second-order valence-corrected chi connectivity index (χ2v) is 6.64. The third-order valence-corrected chi connectivity index (χ3v) is 5.20. The third-order valence-electron chi connectivity index (χ3n) is 5.20. The average Bonchev–Trinajstić information content (AvgIpc) is 2.47. The summed E-state index contributed by atoms with van der Waals surface area (Å²) in [5, 5.41) is 1.15. The van der Waals surface area contributed by atoms with E-state index in [1.165, 1.54) is 11.1 Å². The van der Waals surface area contributed by atoms with E-state index in [9.17, 15) is 0 Å². The van der Waals surface area contributed by atoms with Gasteiger partial charge in [0.15, 0.2) is 0 Å². The van der Waals surface area contributed by atoms with E-state index in [1.807, 2.05) is 6.20 Å². The number of rotatable bonds is 0. The molecule has 18 heavy (non-hydrogen) atoms. The molecule has 0 bridgehead atoms. The van der Waals surface area contributed by atoms with Gasteiger partial charge in [0.05, 0.1) is 5.52 Å². The van der Waals surface area contributed by atoms with Crippen molar-refractivity contribution < 1.29 is 0 Å². The number of nitrogens with zero attached hydrogens (tertiary/aromatic N) is 2. The number of aromatic nitrogens is 2. The third kappa shape index (κ3) is 1.29. The molecule has 1 aliphatic carbocycles. The van der Waals surface area contributed by atoms with Crippen LogP contribution >= 0.6 is 0 Å². The van der Waals surface area contributed by atoms with Gasteiger partial charge >= 0.3 is 0 Å². The van der Waals surface area contributed by atoms with E-state index in [0.717, 1.165) is 10.9 Å². The molecule has 0 radical (unpaired) electrons. The number of benzene rings is 1. The minimum Gasteiger partial charge on any atom is -0.244 e. The molecule has 3 rings (SSSR count). The van der Waals surface area contributed by atoms with Crippen molar-refractivity contribution in [1.29, 1.82) is 0 Å². The summed E-state index contributed by atoms with van der Waals surface area (Å²) in [6, 6.07) is 4.55. The Bertz CT molecular complexity index is 572. The van der Waals surface area contributed by atoms with E-state index in [4.69, 9.17) is 0 Å². The van der Waals surface area contributed by atoms with E-state index >= 15 is 0 Å². The highest BCUT2D eigenvalue weighted by molar-refractivity contribution is 5.80. The SMILES string of the molecule is CC1C(C)(C)c2cc3cncnc3cc2C1(C)C. The van der Waals surface area contributed by atoms with Crippen LogP contribution in [0.25, 0.3) is 10.9 Å². The number of hydrogen-bond donors (Lipinski definition) is 0. The Labute approximate surface area is 108 Å². The first-order chi connectivity index (χ1) is 8.35. The zero-order chi connectivity index (χ0) is 13.1. The fraction of sp³-hybridized carbons (Fsp3) is 0.500. The standard InChI is InChI=1S/C16H20N2/c1-10-15(2,3)12-6-11-8-17-9-18-14(11)7-13(12)16(10,4)5/h6-10H,1-5H3. The second kappa shape index (κ2) is 3.31. The van der Waals surface area contributed by atoms with Crippen molar-refractivity contribution in [2.24, 2.45) is 5.92 Å². The summed E-state index contributed by atoms with van der Waals surface area (Å²) in [5.74, 6) is 0.616. The van der Waals surface area contributed by atoms with Crippen LogP contribution in [0.4, 0.5) is 0 Å². The first-order valence-electron chi connectivity index (χ1n) is 6.60.